The number of furan rings is 1. The number of amides is 2. The fourth-order valence-electron chi connectivity index (χ4n) is 3.48. The fourth-order valence-corrected chi connectivity index (χ4v) is 3.48. The zero-order chi connectivity index (χ0) is 21.1. The number of halogens is 1. The minimum absolute atomic E-state index is 0.136. The van der Waals surface area contributed by atoms with Crippen molar-refractivity contribution in [1.82, 2.24) is 9.80 Å². The van der Waals surface area contributed by atoms with Crippen LogP contribution in [0, 0.1) is 5.82 Å². The van der Waals surface area contributed by atoms with Gasteiger partial charge in [-0.3, -0.25) is 14.4 Å². The van der Waals surface area contributed by atoms with Crippen molar-refractivity contribution in [3.63, 3.8) is 0 Å². The molecule has 0 N–H and O–H groups in total. The quantitative estimate of drug-likeness (QED) is 0.624. The van der Waals surface area contributed by atoms with Gasteiger partial charge in [-0.15, -0.1) is 0 Å². The smallest absolute Gasteiger partial charge is 0.257 e. The van der Waals surface area contributed by atoms with Crippen molar-refractivity contribution in [1.29, 1.82) is 0 Å². The summed E-state index contributed by atoms with van der Waals surface area (Å²) in [5.74, 6) is -1.18. The molecule has 6 nitrogen and oxygen atoms in total. The number of hydrogen-bond acceptors (Lipinski definition) is 4. The summed E-state index contributed by atoms with van der Waals surface area (Å²) in [6, 6.07) is 13.4. The second-order valence-electron chi connectivity index (χ2n) is 6.98. The van der Waals surface area contributed by atoms with Crippen LogP contribution in [0.15, 0.2) is 71.5 Å². The molecule has 4 rings (SSSR count). The summed E-state index contributed by atoms with van der Waals surface area (Å²) in [4.78, 5) is 41.7. The van der Waals surface area contributed by atoms with Crippen LogP contribution < -0.4 is 0 Å². The molecule has 2 amide bonds. The molecule has 2 aromatic carbocycles. The lowest BCUT2D eigenvalue weighted by molar-refractivity contribution is 0.0534. The molecule has 30 heavy (non-hydrogen) atoms. The first-order valence-corrected chi connectivity index (χ1v) is 9.54. The Morgan fingerprint density at radius 2 is 1.33 bits per heavy atom. The molecule has 2 heterocycles. The fraction of sp³-hybridized carbons (Fsp3) is 0.174. The van der Waals surface area contributed by atoms with Gasteiger partial charge in [0.25, 0.3) is 11.8 Å². The van der Waals surface area contributed by atoms with Crippen molar-refractivity contribution in [3.05, 3.63) is 95.2 Å². The van der Waals surface area contributed by atoms with Crippen LogP contribution >= 0.6 is 0 Å². The number of rotatable bonds is 4. The van der Waals surface area contributed by atoms with Gasteiger partial charge in [-0.05, 0) is 36.4 Å². The van der Waals surface area contributed by atoms with Gasteiger partial charge >= 0.3 is 0 Å². The van der Waals surface area contributed by atoms with E-state index >= 15 is 0 Å². The average Bonchev–Trinajstić information content (AvgIpc) is 3.33. The standard InChI is InChI=1S/C23H19FN2O4/c24-18-7-5-16(6-8-18)21(27)19-3-1-2-4-20(19)23(29)26-12-10-25(11-13-26)22(28)17-9-14-30-15-17/h1-9,14-15H,10-13H2. The molecule has 0 unspecified atom stereocenters. The molecule has 0 bridgehead atoms. The lowest BCUT2D eigenvalue weighted by Gasteiger charge is -2.34. The van der Waals surface area contributed by atoms with Crippen molar-refractivity contribution < 1.29 is 23.2 Å². The van der Waals surface area contributed by atoms with Crippen LogP contribution in [0.25, 0.3) is 0 Å². The monoisotopic (exact) mass is 406 g/mol. The van der Waals surface area contributed by atoms with Gasteiger partial charge in [0.1, 0.15) is 12.1 Å². The highest BCUT2D eigenvalue weighted by atomic mass is 19.1. The van der Waals surface area contributed by atoms with E-state index in [2.05, 4.69) is 0 Å². The number of piperazine rings is 1. The maximum Gasteiger partial charge on any atom is 0.257 e. The van der Waals surface area contributed by atoms with Crippen molar-refractivity contribution in [3.8, 4) is 0 Å². The number of nitrogens with zero attached hydrogens (tertiary/aromatic N) is 2. The number of carbonyl (C=O) groups excluding carboxylic acids is 3. The first kappa shape index (κ1) is 19.6. The molecule has 0 spiro atoms. The van der Waals surface area contributed by atoms with E-state index < -0.39 is 5.82 Å². The van der Waals surface area contributed by atoms with E-state index in [1.807, 2.05) is 0 Å². The summed E-state index contributed by atoms with van der Waals surface area (Å²) in [6.07, 6.45) is 2.85. The summed E-state index contributed by atoms with van der Waals surface area (Å²) >= 11 is 0. The third-order valence-corrected chi connectivity index (χ3v) is 5.13. The molecule has 1 aliphatic rings. The third kappa shape index (κ3) is 3.87. The Labute approximate surface area is 172 Å². The molecule has 1 saturated heterocycles. The topological polar surface area (TPSA) is 70.8 Å². The zero-order valence-electron chi connectivity index (χ0n) is 16.1. The number of carbonyl (C=O) groups is 3. The molecule has 1 aromatic heterocycles. The van der Waals surface area contributed by atoms with E-state index in [4.69, 9.17) is 4.42 Å². The second kappa shape index (κ2) is 8.32. The number of hydrogen-bond donors (Lipinski definition) is 0. The predicted molar refractivity (Wildman–Crippen MR) is 107 cm³/mol. The lowest BCUT2D eigenvalue weighted by atomic mass is 9.97. The predicted octanol–water partition coefficient (Wildman–Crippen LogP) is 3.25. The van der Waals surface area contributed by atoms with Gasteiger partial charge in [0.05, 0.1) is 17.4 Å². The summed E-state index contributed by atoms with van der Waals surface area (Å²) in [7, 11) is 0. The molecular formula is C23H19FN2O4. The van der Waals surface area contributed by atoms with Gasteiger partial charge < -0.3 is 14.2 Å². The average molecular weight is 406 g/mol. The molecule has 1 fully saturated rings. The molecule has 0 saturated carbocycles. The van der Waals surface area contributed by atoms with Gasteiger partial charge in [-0.1, -0.05) is 18.2 Å². The van der Waals surface area contributed by atoms with E-state index in [9.17, 15) is 18.8 Å². The van der Waals surface area contributed by atoms with Gasteiger partial charge in [0.2, 0.25) is 0 Å². The lowest BCUT2D eigenvalue weighted by Crippen LogP contribution is -2.50. The van der Waals surface area contributed by atoms with E-state index in [0.717, 1.165) is 0 Å². The highest BCUT2D eigenvalue weighted by molar-refractivity contribution is 6.15. The van der Waals surface area contributed by atoms with E-state index in [1.165, 1.54) is 36.8 Å². The normalized spacial score (nSPS) is 13.9. The van der Waals surface area contributed by atoms with Crippen LogP contribution in [0.1, 0.15) is 36.6 Å². The second-order valence-corrected chi connectivity index (χ2v) is 6.98. The van der Waals surface area contributed by atoms with Crippen LogP contribution in [0.3, 0.4) is 0 Å². The molecule has 0 radical (unpaired) electrons. The zero-order valence-corrected chi connectivity index (χ0v) is 16.1. The molecule has 3 aromatic rings. The Bertz CT molecular complexity index is 1070. The molecular weight excluding hydrogens is 387 g/mol. The van der Waals surface area contributed by atoms with Gasteiger partial charge in [-0.2, -0.15) is 0 Å². The largest absolute Gasteiger partial charge is 0.472 e. The molecule has 0 atom stereocenters. The van der Waals surface area contributed by atoms with E-state index in [0.29, 0.717) is 42.9 Å². The Hall–Kier alpha value is -3.74. The van der Waals surface area contributed by atoms with Gasteiger partial charge in [0.15, 0.2) is 5.78 Å². The summed E-state index contributed by atoms with van der Waals surface area (Å²) in [5, 5.41) is 0. The minimum Gasteiger partial charge on any atom is -0.472 e. The van der Waals surface area contributed by atoms with Crippen LogP contribution in [0.4, 0.5) is 4.39 Å². The molecule has 152 valence electrons. The van der Waals surface area contributed by atoms with Gasteiger partial charge in [0, 0.05) is 37.3 Å². The highest BCUT2D eigenvalue weighted by Crippen LogP contribution is 2.19. The third-order valence-electron chi connectivity index (χ3n) is 5.13. The van der Waals surface area contributed by atoms with Crippen molar-refractivity contribution in [2.24, 2.45) is 0 Å². The van der Waals surface area contributed by atoms with Crippen molar-refractivity contribution in [2.75, 3.05) is 26.2 Å². The van der Waals surface area contributed by atoms with Crippen LogP contribution in [0.2, 0.25) is 0 Å². The maximum absolute atomic E-state index is 13.2. The van der Waals surface area contributed by atoms with Crippen molar-refractivity contribution in [2.45, 2.75) is 0 Å². The van der Waals surface area contributed by atoms with Crippen LogP contribution in [-0.4, -0.2) is 53.6 Å². The summed E-state index contributed by atoms with van der Waals surface area (Å²) < 4.78 is 18.1. The minimum atomic E-state index is -0.432. The van der Waals surface area contributed by atoms with Gasteiger partial charge in [-0.25, -0.2) is 4.39 Å². The maximum atomic E-state index is 13.2. The number of benzene rings is 2. The van der Waals surface area contributed by atoms with Crippen molar-refractivity contribution >= 4 is 17.6 Å². The Morgan fingerprint density at radius 1 is 0.733 bits per heavy atom. The summed E-state index contributed by atoms with van der Waals surface area (Å²) in [5.41, 5.74) is 1.35. The van der Waals surface area contributed by atoms with Crippen LogP contribution in [-0.2, 0) is 0 Å². The first-order valence-electron chi connectivity index (χ1n) is 9.54. The SMILES string of the molecule is O=C(c1ccc(F)cc1)c1ccccc1C(=O)N1CCN(C(=O)c2ccoc2)CC1. The Kier molecular flexibility index (Phi) is 5.43. The molecule has 1 aliphatic heterocycles. The first-order chi connectivity index (χ1) is 14.5. The Balaban J connectivity index is 1.49. The van der Waals surface area contributed by atoms with E-state index in [-0.39, 0.29) is 23.2 Å². The molecule has 7 heteroatoms. The highest BCUT2D eigenvalue weighted by Gasteiger charge is 2.28. The number of ketones is 1. The Morgan fingerprint density at radius 3 is 1.93 bits per heavy atom. The summed E-state index contributed by atoms with van der Waals surface area (Å²) in [6.45, 7) is 1.51. The van der Waals surface area contributed by atoms with Crippen LogP contribution in [0.5, 0.6) is 0 Å². The van der Waals surface area contributed by atoms with E-state index in [1.54, 1.807) is 40.1 Å². The molecule has 0 aliphatic carbocycles.